The molecule has 3 rings (SSSR count). The molecule has 0 saturated carbocycles. The Hall–Kier alpha value is -1.36. The number of hydrogen-bond donors (Lipinski definition) is 0. The van der Waals surface area contributed by atoms with Gasteiger partial charge in [0.2, 0.25) is 6.33 Å². The third kappa shape index (κ3) is 1.84. The average Bonchev–Trinajstić information content (AvgIpc) is 2.63. The molecule has 0 atom stereocenters. The maximum absolute atomic E-state index is 3.82. The first-order chi connectivity index (χ1) is 7.79. The van der Waals surface area contributed by atoms with Crippen molar-refractivity contribution in [1.29, 1.82) is 0 Å². The smallest absolute Gasteiger partial charge is 0.249 e. The third-order valence-corrected chi connectivity index (χ3v) is 3.00. The zero-order valence-electron chi connectivity index (χ0n) is 9.60. The SMILES string of the molecule is C=Cn1c[n+](C)c2cc3ccccc3cc21.[I-]. The van der Waals surface area contributed by atoms with Crippen molar-refractivity contribution < 1.29 is 28.5 Å². The van der Waals surface area contributed by atoms with E-state index in [0.29, 0.717) is 0 Å². The van der Waals surface area contributed by atoms with Gasteiger partial charge >= 0.3 is 0 Å². The molecule has 1 aromatic heterocycles. The van der Waals surface area contributed by atoms with Crippen molar-refractivity contribution in [2.24, 2.45) is 7.05 Å². The molecule has 0 amide bonds. The molecule has 0 spiro atoms. The highest BCUT2D eigenvalue weighted by atomic mass is 127. The van der Waals surface area contributed by atoms with E-state index < -0.39 is 0 Å². The molecule has 0 aliphatic carbocycles. The number of fused-ring (bicyclic) bond motifs is 2. The van der Waals surface area contributed by atoms with E-state index in [2.05, 4.69) is 54.6 Å². The summed E-state index contributed by atoms with van der Waals surface area (Å²) in [6, 6.07) is 12.8. The summed E-state index contributed by atoms with van der Waals surface area (Å²) in [5.74, 6) is 0. The van der Waals surface area contributed by atoms with Crippen LogP contribution in [0.25, 0.3) is 28.0 Å². The van der Waals surface area contributed by atoms with Gasteiger partial charge < -0.3 is 24.0 Å². The summed E-state index contributed by atoms with van der Waals surface area (Å²) in [5.41, 5.74) is 2.41. The van der Waals surface area contributed by atoms with Gasteiger partial charge in [-0.2, -0.15) is 0 Å². The van der Waals surface area contributed by atoms with Crippen molar-refractivity contribution >= 4 is 28.0 Å². The van der Waals surface area contributed by atoms with Gasteiger partial charge in [0.15, 0.2) is 11.0 Å². The molecule has 17 heavy (non-hydrogen) atoms. The van der Waals surface area contributed by atoms with Gasteiger partial charge in [-0.15, -0.1) is 0 Å². The first kappa shape index (κ1) is 12.1. The van der Waals surface area contributed by atoms with Gasteiger partial charge in [0.25, 0.3) is 0 Å². The van der Waals surface area contributed by atoms with Crippen LogP contribution in [0.4, 0.5) is 0 Å². The molecule has 1 heterocycles. The number of aryl methyl sites for hydroxylation is 1. The monoisotopic (exact) mass is 336 g/mol. The van der Waals surface area contributed by atoms with Crippen molar-refractivity contribution in [1.82, 2.24) is 4.57 Å². The van der Waals surface area contributed by atoms with Gasteiger partial charge in [0.05, 0.1) is 13.2 Å². The van der Waals surface area contributed by atoms with Crippen LogP contribution in [0.1, 0.15) is 0 Å². The lowest BCUT2D eigenvalue weighted by Gasteiger charge is -1.96. The zero-order valence-corrected chi connectivity index (χ0v) is 11.8. The Kier molecular flexibility index (Phi) is 3.19. The van der Waals surface area contributed by atoms with Crippen LogP contribution in [-0.4, -0.2) is 4.57 Å². The predicted octanol–water partition coefficient (Wildman–Crippen LogP) is -0.277. The fraction of sp³-hybridized carbons (Fsp3) is 0.0714. The van der Waals surface area contributed by atoms with Gasteiger partial charge in [-0.05, 0) is 22.9 Å². The highest BCUT2D eigenvalue weighted by Gasteiger charge is 2.11. The molecular formula is C14H13IN2. The Morgan fingerprint density at radius 3 is 2.47 bits per heavy atom. The van der Waals surface area contributed by atoms with E-state index in [0.717, 1.165) is 0 Å². The standard InChI is InChI=1S/C14H13N2.HI/c1-3-16-10-15(2)13-8-11-6-4-5-7-12(11)9-14(13)16;/h3-10H,1H2,2H3;1H/q+1;/p-1. The van der Waals surface area contributed by atoms with E-state index in [4.69, 9.17) is 0 Å². The molecule has 0 fully saturated rings. The Balaban J connectivity index is 0.00000108. The van der Waals surface area contributed by atoms with Crippen LogP contribution in [0, 0.1) is 0 Å². The lowest BCUT2D eigenvalue weighted by Crippen LogP contribution is -3.00. The van der Waals surface area contributed by atoms with Crippen LogP contribution in [-0.2, 0) is 7.05 Å². The van der Waals surface area contributed by atoms with Gasteiger partial charge in [0, 0.05) is 0 Å². The molecule has 2 aromatic carbocycles. The zero-order chi connectivity index (χ0) is 11.1. The van der Waals surface area contributed by atoms with Crippen molar-refractivity contribution in [2.45, 2.75) is 0 Å². The molecule has 0 saturated heterocycles. The van der Waals surface area contributed by atoms with Crippen molar-refractivity contribution in [2.75, 3.05) is 0 Å². The first-order valence-electron chi connectivity index (χ1n) is 5.31. The number of nitrogens with zero attached hydrogens (tertiary/aromatic N) is 2. The molecule has 3 heteroatoms. The summed E-state index contributed by atoms with van der Waals surface area (Å²) >= 11 is 0. The van der Waals surface area contributed by atoms with Crippen molar-refractivity contribution in [3.8, 4) is 0 Å². The molecule has 2 nitrogen and oxygen atoms in total. The minimum Gasteiger partial charge on any atom is -1.00 e. The van der Waals surface area contributed by atoms with Crippen LogP contribution >= 0.6 is 0 Å². The largest absolute Gasteiger partial charge is 1.00 e. The van der Waals surface area contributed by atoms with Gasteiger partial charge in [-0.3, -0.25) is 0 Å². The second kappa shape index (κ2) is 4.49. The number of hydrogen-bond acceptors (Lipinski definition) is 0. The van der Waals surface area contributed by atoms with Gasteiger partial charge in [-0.25, -0.2) is 9.13 Å². The molecule has 0 aliphatic heterocycles. The molecular weight excluding hydrogens is 323 g/mol. The summed E-state index contributed by atoms with van der Waals surface area (Å²) in [6.45, 7) is 3.82. The average molecular weight is 336 g/mol. The van der Waals surface area contributed by atoms with E-state index in [9.17, 15) is 0 Å². The summed E-state index contributed by atoms with van der Waals surface area (Å²) in [6.07, 6.45) is 3.87. The molecule has 0 N–H and O–H groups in total. The quantitative estimate of drug-likeness (QED) is 0.427. The Morgan fingerprint density at radius 1 is 1.18 bits per heavy atom. The maximum Gasteiger partial charge on any atom is 0.249 e. The van der Waals surface area contributed by atoms with Crippen LogP contribution < -0.4 is 28.5 Å². The first-order valence-corrected chi connectivity index (χ1v) is 5.31. The van der Waals surface area contributed by atoms with E-state index in [1.54, 1.807) is 0 Å². The number of aromatic nitrogens is 2. The fourth-order valence-electron chi connectivity index (χ4n) is 2.16. The lowest BCUT2D eigenvalue weighted by atomic mass is 10.1. The van der Waals surface area contributed by atoms with E-state index in [-0.39, 0.29) is 24.0 Å². The normalized spacial score (nSPS) is 10.4. The Morgan fingerprint density at radius 2 is 1.82 bits per heavy atom. The Labute approximate surface area is 117 Å². The summed E-state index contributed by atoms with van der Waals surface area (Å²) < 4.78 is 4.16. The lowest BCUT2D eigenvalue weighted by molar-refractivity contribution is -0.645. The molecule has 0 aliphatic rings. The third-order valence-electron chi connectivity index (χ3n) is 3.00. The van der Waals surface area contributed by atoms with Gasteiger partial charge in [0.1, 0.15) is 0 Å². The molecule has 86 valence electrons. The highest BCUT2D eigenvalue weighted by Crippen LogP contribution is 2.20. The number of halogens is 1. The molecule has 0 radical (unpaired) electrons. The second-order valence-electron chi connectivity index (χ2n) is 4.00. The minimum atomic E-state index is 0. The van der Waals surface area contributed by atoms with Crippen LogP contribution in [0.2, 0.25) is 0 Å². The summed E-state index contributed by atoms with van der Waals surface area (Å²) in [4.78, 5) is 0. The number of imidazole rings is 1. The second-order valence-corrected chi connectivity index (χ2v) is 4.00. The van der Waals surface area contributed by atoms with Gasteiger partial charge in [-0.1, -0.05) is 30.8 Å². The van der Waals surface area contributed by atoms with Crippen LogP contribution in [0.3, 0.4) is 0 Å². The molecule has 0 unspecified atom stereocenters. The minimum absolute atomic E-state index is 0. The van der Waals surface area contributed by atoms with Crippen molar-refractivity contribution in [3.63, 3.8) is 0 Å². The number of rotatable bonds is 1. The summed E-state index contributed by atoms with van der Waals surface area (Å²) in [7, 11) is 2.05. The topological polar surface area (TPSA) is 8.81 Å². The van der Waals surface area contributed by atoms with Crippen LogP contribution in [0.15, 0.2) is 49.3 Å². The van der Waals surface area contributed by atoms with Crippen molar-refractivity contribution in [3.05, 3.63) is 49.3 Å². The van der Waals surface area contributed by atoms with E-state index in [1.165, 1.54) is 21.8 Å². The Bertz CT molecular complexity index is 698. The maximum atomic E-state index is 3.82. The number of benzene rings is 2. The molecule has 0 bridgehead atoms. The van der Waals surface area contributed by atoms with E-state index in [1.807, 2.05) is 17.1 Å². The highest BCUT2D eigenvalue weighted by molar-refractivity contribution is 5.94. The van der Waals surface area contributed by atoms with Crippen LogP contribution in [0.5, 0.6) is 0 Å². The summed E-state index contributed by atoms with van der Waals surface area (Å²) in [5, 5.41) is 2.53. The van der Waals surface area contributed by atoms with E-state index >= 15 is 0 Å². The fourth-order valence-corrected chi connectivity index (χ4v) is 2.16. The molecule has 3 aromatic rings. The predicted molar refractivity (Wildman–Crippen MR) is 67.0 cm³/mol.